The lowest BCUT2D eigenvalue weighted by Crippen LogP contribution is -1.98. The molecule has 2 aromatic rings. The van der Waals surface area contributed by atoms with Gasteiger partial charge in [0.15, 0.2) is 0 Å². The van der Waals surface area contributed by atoms with Gasteiger partial charge in [-0.2, -0.15) is 0 Å². The maximum atomic E-state index is 5.50. The fourth-order valence-corrected chi connectivity index (χ4v) is 2.25. The maximum Gasteiger partial charge on any atom is 0.128 e. The van der Waals surface area contributed by atoms with Gasteiger partial charge in [-0.15, -0.1) is 0 Å². The number of allylic oxidation sites excluding steroid dienone is 2. The van der Waals surface area contributed by atoms with Crippen LogP contribution >= 0.6 is 0 Å². The van der Waals surface area contributed by atoms with Gasteiger partial charge in [-0.25, -0.2) is 0 Å². The van der Waals surface area contributed by atoms with E-state index in [1.165, 1.54) is 11.1 Å². The molecule has 2 rings (SSSR count). The number of aryl methyl sites for hydroxylation is 2. The SMILES string of the molecule is C=C/C(=C\NC)c1cc2c(C)c(C)cnc2cc1OC. The molecule has 0 aliphatic carbocycles. The maximum absolute atomic E-state index is 5.50. The number of pyridine rings is 1. The van der Waals surface area contributed by atoms with E-state index in [-0.39, 0.29) is 0 Å². The number of methoxy groups -OCH3 is 1. The first-order chi connectivity index (χ1) is 9.62. The van der Waals surface area contributed by atoms with Crippen molar-refractivity contribution in [3.63, 3.8) is 0 Å². The van der Waals surface area contributed by atoms with E-state index in [4.69, 9.17) is 4.74 Å². The lowest BCUT2D eigenvalue weighted by molar-refractivity contribution is 0.414. The number of hydrogen-bond acceptors (Lipinski definition) is 3. The molecule has 0 spiro atoms. The van der Waals surface area contributed by atoms with E-state index in [1.807, 2.05) is 31.6 Å². The van der Waals surface area contributed by atoms with Gasteiger partial charge >= 0.3 is 0 Å². The van der Waals surface area contributed by atoms with Crippen LogP contribution in [-0.2, 0) is 0 Å². The number of hydrogen-bond donors (Lipinski definition) is 1. The number of aromatic nitrogens is 1. The zero-order valence-electron chi connectivity index (χ0n) is 12.4. The highest BCUT2D eigenvalue weighted by molar-refractivity contribution is 5.91. The monoisotopic (exact) mass is 268 g/mol. The predicted octanol–water partition coefficient (Wildman–Crippen LogP) is 3.61. The van der Waals surface area contributed by atoms with Crippen LogP contribution in [0.5, 0.6) is 5.75 Å². The molecule has 0 amide bonds. The fraction of sp³-hybridized carbons (Fsp3) is 0.235. The van der Waals surface area contributed by atoms with Gasteiger partial charge in [-0.05, 0) is 31.0 Å². The van der Waals surface area contributed by atoms with Crippen LogP contribution in [0, 0.1) is 13.8 Å². The van der Waals surface area contributed by atoms with Crippen LogP contribution in [0.4, 0.5) is 0 Å². The summed E-state index contributed by atoms with van der Waals surface area (Å²) >= 11 is 0. The molecule has 3 heteroatoms. The Kier molecular flexibility index (Phi) is 4.08. The Morgan fingerprint density at radius 3 is 2.70 bits per heavy atom. The average molecular weight is 268 g/mol. The number of nitrogens with one attached hydrogen (secondary N) is 1. The lowest BCUT2D eigenvalue weighted by atomic mass is 9.99. The summed E-state index contributed by atoms with van der Waals surface area (Å²) < 4.78 is 5.50. The van der Waals surface area contributed by atoms with Crippen molar-refractivity contribution in [2.45, 2.75) is 13.8 Å². The van der Waals surface area contributed by atoms with Gasteiger partial charge in [-0.1, -0.05) is 12.7 Å². The first kappa shape index (κ1) is 14.1. The van der Waals surface area contributed by atoms with Crippen LogP contribution in [0.15, 0.2) is 37.2 Å². The molecular formula is C17H20N2O. The van der Waals surface area contributed by atoms with Crippen molar-refractivity contribution in [2.75, 3.05) is 14.2 Å². The van der Waals surface area contributed by atoms with E-state index in [0.717, 1.165) is 27.8 Å². The molecule has 1 aromatic carbocycles. The predicted molar refractivity (Wildman–Crippen MR) is 85.0 cm³/mol. The highest BCUT2D eigenvalue weighted by Gasteiger charge is 2.11. The smallest absolute Gasteiger partial charge is 0.128 e. The largest absolute Gasteiger partial charge is 0.496 e. The van der Waals surface area contributed by atoms with E-state index >= 15 is 0 Å². The Morgan fingerprint density at radius 1 is 1.35 bits per heavy atom. The van der Waals surface area contributed by atoms with Gasteiger partial charge in [0.2, 0.25) is 0 Å². The summed E-state index contributed by atoms with van der Waals surface area (Å²) in [6, 6.07) is 4.10. The van der Waals surface area contributed by atoms with Crippen molar-refractivity contribution >= 4 is 16.5 Å². The van der Waals surface area contributed by atoms with Gasteiger partial charge in [0.05, 0.1) is 12.6 Å². The van der Waals surface area contributed by atoms with Crippen molar-refractivity contribution in [2.24, 2.45) is 0 Å². The van der Waals surface area contributed by atoms with Crippen LogP contribution in [0.3, 0.4) is 0 Å². The number of rotatable bonds is 4. The van der Waals surface area contributed by atoms with Gasteiger partial charge in [0, 0.05) is 42.0 Å². The number of nitrogens with zero attached hydrogens (tertiary/aromatic N) is 1. The summed E-state index contributed by atoms with van der Waals surface area (Å²) in [5, 5.41) is 4.18. The topological polar surface area (TPSA) is 34.2 Å². The minimum absolute atomic E-state index is 0.801. The second-order valence-corrected chi connectivity index (χ2v) is 4.73. The lowest BCUT2D eigenvalue weighted by Gasteiger charge is -2.13. The highest BCUT2D eigenvalue weighted by atomic mass is 16.5. The summed E-state index contributed by atoms with van der Waals surface area (Å²) in [5.41, 5.74) is 5.38. The van der Waals surface area contributed by atoms with E-state index < -0.39 is 0 Å². The van der Waals surface area contributed by atoms with E-state index in [1.54, 1.807) is 7.11 Å². The van der Waals surface area contributed by atoms with Crippen LogP contribution in [0.1, 0.15) is 16.7 Å². The van der Waals surface area contributed by atoms with E-state index in [0.29, 0.717) is 0 Å². The molecule has 3 nitrogen and oxygen atoms in total. The summed E-state index contributed by atoms with van der Waals surface area (Å²) in [6.45, 7) is 8.06. The van der Waals surface area contributed by atoms with E-state index in [9.17, 15) is 0 Å². The molecule has 0 atom stereocenters. The second kappa shape index (κ2) is 5.78. The third-order valence-corrected chi connectivity index (χ3v) is 3.54. The molecule has 20 heavy (non-hydrogen) atoms. The molecule has 1 heterocycles. The Morgan fingerprint density at radius 2 is 2.10 bits per heavy atom. The molecule has 0 saturated heterocycles. The van der Waals surface area contributed by atoms with Gasteiger partial charge in [0.1, 0.15) is 5.75 Å². The van der Waals surface area contributed by atoms with Crippen molar-refractivity contribution in [1.29, 1.82) is 0 Å². The second-order valence-electron chi connectivity index (χ2n) is 4.73. The average Bonchev–Trinajstić information content (AvgIpc) is 2.47. The molecule has 0 fully saturated rings. The molecule has 0 saturated carbocycles. The first-order valence-corrected chi connectivity index (χ1v) is 6.56. The van der Waals surface area contributed by atoms with Gasteiger partial charge < -0.3 is 10.1 Å². The molecule has 0 aliphatic heterocycles. The normalized spacial score (nSPS) is 11.5. The Balaban J connectivity index is 2.79. The Hall–Kier alpha value is -2.29. The Bertz CT molecular complexity index is 687. The zero-order valence-corrected chi connectivity index (χ0v) is 12.4. The molecule has 1 aromatic heterocycles. The van der Waals surface area contributed by atoms with Crippen LogP contribution < -0.4 is 10.1 Å². The molecule has 104 valence electrons. The van der Waals surface area contributed by atoms with Crippen LogP contribution in [0.25, 0.3) is 16.5 Å². The zero-order chi connectivity index (χ0) is 14.7. The standard InChI is InChI=1S/C17H20N2O/c1-6-13(10-18-4)15-7-14-12(3)11(2)9-19-16(14)8-17(15)20-5/h6-10,18H,1H2,2-5H3/b13-10+. The van der Waals surface area contributed by atoms with Crippen LogP contribution in [0.2, 0.25) is 0 Å². The minimum Gasteiger partial charge on any atom is -0.496 e. The molecule has 0 unspecified atom stereocenters. The third-order valence-electron chi connectivity index (χ3n) is 3.54. The quantitative estimate of drug-likeness (QED) is 0.860. The molecular weight excluding hydrogens is 248 g/mol. The van der Waals surface area contributed by atoms with Crippen molar-refractivity contribution in [1.82, 2.24) is 10.3 Å². The summed E-state index contributed by atoms with van der Waals surface area (Å²) in [6.07, 6.45) is 5.63. The highest BCUT2D eigenvalue weighted by Crippen LogP contribution is 2.32. The third kappa shape index (κ3) is 2.39. The summed E-state index contributed by atoms with van der Waals surface area (Å²) in [4.78, 5) is 4.48. The van der Waals surface area contributed by atoms with Crippen LogP contribution in [-0.4, -0.2) is 19.1 Å². The minimum atomic E-state index is 0.801. The molecule has 0 bridgehead atoms. The fourth-order valence-electron chi connectivity index (χ4n) is 2.25. The number of ether oxygens (including phenoxy) is 1. The molecule has 1 N–H and O–H groups in total. The van der Waals surface area contributed by atoms with Crippen molar-refractivity contribution < 1.29 is 4.74 Å². The van der Waals surface area contributed by atoms with Gasteiger partial charge in [0.25, 0.3) is 0 Å². The summed E-state index contributed by atoms with van der Waals surface area (Å²) in [5.74, 6) is 0.801. The Labute approximate surface area is 120 Å². The molecule has 0 radical (unpaired) electrons. The van der Waals surface area contributed by atoms with Crippen molar-refractivity contribution in [3.05, 3.63) is 53.9 Å². The summed E-state index contributed by atoms with van der Waals surface area (Å²) in [7, 11) is 3.54. The van der Waals surface area contributed by atoms with E-state index in [2.05, 4.69) is 36.8 Å². The number of benzene rings is 1. The van der Waals surface area contributed by atoms with Gasteiger partial charge in [-0.3, -0.25) is 4.98 Å². The van der Waals surface area contributed by atoms with Crippen molar-refractivity contribution in [3.8, 4) is 5.75 Å². The number of fused-ring (bicyclic) bond motifs is 1. The molecule has 0 aliphatic rings. The first-order valence-electron chi connectivity index (χ1n) is 6.56.